The Morgan fingerprint density at radius 1 is 1.00 bits per heavy atom. The van der Waals surface area contributed by atoms with Crippen LogP contribution in [0.1, 0.15) is 6.92 Å². The Kier molecular flexibility index (Phi) is 4.63. The lowest BCUT2D eigenvalue weighted by Gasteiger charge is -2.25. The first-order valence-electron chi connectivity index (χ1n) is 7.09. The number of sulfonamides is 1. The molecule has 2 aromatic heterocycles. The van der Waals surface area contributed by atoms with E-state index in [4.69, 9.17) is 0 Å². The fourth-order valence-electron chi connectivity index (χ4n) is 2.38. The third kappa shape index (κ3) is 3.02. The minimum atomic E-state index is -3.79. The van der Waals surface area contributed by atoms with E-state index in [2.05, 4.69) is 4.40 Å². The lowest BCUT2D eigenvalue weighted by Crippen LogP contribution is -2.27. The van der Waals surface area contributed by atoms with Crippen molar-refractivity contribution < 1.29 is 8.42 Å². The molecule has 0 aliphatic carbocycles. The van der Waals surface area contributed by atoms with Crippen LogP contribution in [0.2, 0.25) is 0 Å². The number of nitrogens with zero attached hydrogens (tertiary/aromatic N) is 2. The maximum Gasteiger partial charge on any atom is 0.283 e. The van der Waals surface area contributed by atoms with Gasteiger partial charge in [-0.1, -0.05) is 61.0 Å². The average molecular weight is 447 g/mol. The zero-order valence-corrected chi connectivity index (χ0v) is 17.6. The van der Waals surface area contributed by atoms with Crippen LogP contribution in [0.5, 0.6) is 0 Å². The highest BCUT2D eigenvalue weighted by Gasteiger charge is 2.31. The summed E-state index contributed by atoms with van der Waals surface area (Å²) in [5.41, 5.74) is 1.38. The summed E-state index contributed by atoms with van der Waals surface area (Å²) in [4.78, 5) is 14.3. The van der Waals surface area contributed by atoms with E-state index in [9.17, 15) is 13.2 Å². The molecule has 0 amide bonds. The van der Waals surface area contributed by atoms with Gasteiger partial charge in [-0.2, -0.15) is 8.42 Å². The summed E-state index contributed by atoms with van der Waals surface area (Å²) in [5.74, 6) is 0. The third-order valence-electron chi connectivity index (χ3n) is 3.46. The van der Waals surface area contributed by atoms with Gasteiger partial charge in [-0.3, -0.25) is 4.79 Å². The number of benzene rings is 1. The fraction of sp³-hybridized carbons (Fsp3) is 0.143. The van der Waals surface area contributed by atoms with Crippen LogP contribution in [0.3, 0.4) is 0 Å². The van der Waals surface area contributed by atoms with Crippen LogP contribution in [-0.4, -0.2) is 15.0 Å². The summed E-state index contributed by atoms with van der Waals surface area (Å²) in [6.07, 6.45) is 0. The summed E-state index contributed by atoms with van der Waals surface area (Å²) in [7, 11) is 1.71. The van der Waals surface area contributed by atoms with Crippen molar-refractivity contribution in [3.8, 4) is 0 Å². The number of hydrogen-bond acceptors (Lipinski definition) is 9. The molecule has 1 aliphatic heterocycles. The van der Waals surface area contributed by atoms with Crippen molar-refractivity contribution in [3.63, 3.8) is 0 Å². The minimum Gasteiger partial charge on any atom is -0.332 e. The van der Waals surface area contributed by atoms with Crippen molar-refractivity contribution in [2.24, 2.45) is 4.40 Å². The summed E-state index contributed by atoms with van der Waals surface area (Å²) in [6.45, 7) is 2.53. The molecule has 0 saturated carbocycles. The number of fused-ring (bicyclic) bond motifs is 2. The molecular formula is C14H10N2O3S6. The molecule has 3 heterocycles. The van der Waals surface area contributed by atoms with Crippen LogP contribution in [0.15, 0.2) is 52.8 Å². The summed E-state index contributed by atoms with van der Waals surface area (Å²) < 4.78 is 31.7. The maximum atomic E-state index is 12.6. The third-order valence-corrected chi connectivity index (χ3v) is 11.3. The van der Waals surface area contributed by atoms with Crippen LogP contribution >= 0.6 is 53.1 Å². The predicted molar refractivity (Wildman–Crippen MR) is 107 cm³/mol. The van der Waals surface area contributed by atoms with Gasteiger partial charge in [-0.05, 0) is 29.4 Å². The zero-order chi connectivity index (χ0) is 17.6. The molecule has 1 aromatic carbocycles. The van der Waals surface area contributed by atoms with Gasteiger partial charge >= 0.3 is 0 Å². The SMILES string of the molecule is CCN1c2c(ssc2=O)Sc2ss/c(=N\S(=O)(=O)c3ccccc3)c21. The van der Waals surface area contributed by atoms with Crippen LogP contribution in [0, 0.1) is 0 Å². The number of hydrogen-bond donors (Lipinski definition) is 0. The first-order chi connectivity index (χ1) is 12.0. The smallest absolute Gasteiger partial charge is 0.283 e. The molecule has 0 atom stereocenters. The van der Waals surface area contributed by atoms with E-state index in [1.165, 1.54) is 65.3 Å². The Morgan fingerprint density at radius 3 is 2.40 bits per heavy atom. The molecule has 5 nitrogen and oxygen atoms in total. The molecule has 0 spiro atoms. The highest BCUT2D eigenvalue weighted by molar-refractivity contribution is 8.06. The lowest BCUT2D eigenvalue weighted by molar-refractivity contribution is 0.597. The first kappa shape index (κ1) is 17.4. The van der Waals surface area contributed by atoms with Gasteiger partial charge in [0.2, 0.25) is 0 Å². The predicted octanol–water partition coefficient (Wildman–Crippen LogP) is 4.21. The Labute approximate surface area is 162 Å². The molecule has 0 unspecified atom stereocenters. The molecule has 130 valence electrons. The summed E-state index contributed by atoms with van der Waals surface area (Å²) in [5, 5.41) is 0. The van der Waals surface area contributed by atoms with Gasteiger partial charge in [-0.15, -0.1) is 4.40 Å². The standard InChI is InChI=1S/C14H10N2O3S6/c1-2-16-9-11(15-25(18,19)8-6-4-3-5-7-8)21-23-13(9)20-14-10(16)12(17)22-24-14/h3-7H,2H2,1H3/b15-11-. The summed E-state index contributed by atoms with van der Waals surface area (Å²) in [6, 6.07) is 8.17. The van der Waals surface area contributed by atoms with Gasteiger partial charge in [-0.25, -0.2) is 0 Å². The number of anilines is 2. The van der Waals surface area contributed by atoms with Gasteiger partial charge < -0.3 is 4.90 Å². The Bertz CT molecular complexity index is 1150. The first-order valence-corrected chi connectivity index (χ1v) is 13.6. The minimum absolute atomic E-state index is 0.00747. The molecule has 4 rings (SSSR count). The van der Waals surface area contributed by atoms with Crippen molar-refractivity contribution in [2.45, 2.75) is 20.2 Å². The Hall–Kier alpha value is -0.980. The fourth-order valence-corrected chi connectivity index (χ4v) is 10.5. The molecule has 3 aromatic rings. The van der Waals surface area contributed by atoms with E-state index < -0.39 is 10.0 Å². The van der Waals surface area contributed by atoms with Gasteiger partial charge in [0.15, 0.2) is 4.67 Å². The van der Waals surface area contributed by atoms with Crippen molar-refractivity contribution in [1.29, 1.82) is 0 Å². The molecule has 0 radical (unpaired) electrons. The van der Waals surface area contributed by atoms with E-state index in [1.54, 1.807) is 18.2 Å². The van der Waals surface area contributed by atoms with Crippen molar-refractivity contribution in [1.82, 2.24) is 0 Å². The molecular weight excluding hydrogens is 437 g/mol. The maximum absolute atomic E-state index is 12.6. The molecule has 0 bridgehead atoms. The largest absolute Gasteiger partial charge is 0.332 e. The Balaban J connectivity index is 1.90. The van der Waals surface area contributed by atoms with E-state index in [0.717, 1.165) is 14.1 Å². The van der Waals surface area contributed by atoms with Gasteiger partial charge in [0, 0.05) is 6.54 Å². The second-order valence-corrected chi connectivity index (χ2v) is 12.3. The highest BCUT2D eigenvalue weighted by Crippen LogP contribution is 2.51. The highest BCUT2D eigenvalue weighted by atomic mass is 32.9. The van der Waals surface area contributed by atoms with Crippen LogP contribution in [0.25, 0.3) is 0 Å². The van der Waals surface area contributed by atoms with Crippen LogP contribution in [-0.2, 0) is 10.0 Å². The van der Waals surface area contributed by atoms with E-state index >= 15 is 0 Å². The van der Waals surface area contributed by atoms with Crippen molar-refractivity contribution in [3.05, 3.63) is 44.5 Å². The Morgan fingerprint density at radius 2 is 1.68 bits per heavy atom. The van der Waals surface area contributed by atoms with E-state index in [-0.39, 0.29) is 9.64 Å². The van der Waals surface area contributed by atoms with Gasteiger partial charge in [0.05, 0.1) is 4.90 Å². The zero-order valence-electron chi connectivity index (χ0n) is 12.7. The molecule has 11 heteroatoms. The van der Waals surface area contributed by atoms with Crippen LogP contribution < -0.4 is 14.3 Å². The quantitative estimate of drug-likeness (QED) is 0.564. The van der Waals surface area contributed by atoms with E-state index in [0.29, 0.717) is 16.9 Å². The number of rotatable bonds is 3. The normalized spacial score (nSPS) is 14.4. The van der Waals surface area contributed by atoms with E-state index in [1.807, 2.05) is 11.8 Å². The summed E-state index contributed by atoms with van der Waals surface area (Å²) >= 11 is 1.53. The van der Waals surface area contributed by atoms with Crippen molar-refractivity contribution in [2.75, 3.05) is 11.4 Å². The molecule has 0 saturated heterocycles. The average Bonchev–Trinajstić information content (AvgIpc) is 3.18. The van der Waals surface area contributed by atoms with Crippen LogP contribution in [0.4, 0.5) is 11.4 Å². The molecule has 0 fully saturated rings. The van der Waals surface area contributed by atoms with Gasteiger partial charge in [0.25, 0.3) is 14.8 Å². The molecule has 25 heavy (non-hydrogen) atoms. The van der Waals surface area contributed by atoms with Gasteiger partial charge in [0.1, 0.15) is 19.8 Å². The monoisotopic (exact) mass is 446 g/mol. The molecule has 1 aliphatic rings. The second kappa shape index (κ2) is 6.63. The lowest BCUT2D eigenvalue weighted by atomic mass is 10.4. The molecule has 0 N–H and O–H groups in total. The van der Waals surface area contributed by atoms with Crippen molar-refractivity contribution >= 4 is 74.5 Å². The second-order valence-electron chi connectivity index (χ2n) is 4.92. The topological polar surface area (TPSA) is 66.8 Å².